The van der Waals surface area contributed by atoms with Gasteiger partial charge in [-0.15, -0.1) is 12.3 Å². The molecule has 62 valence electrons. The van der Waals surface area contributed by atoms with Crippen LogP contribution in [-0.2, 0) is 6.42 Å². The quantitative estimate of drug-likeness (QED) is 0.703. The molecule has 1 rings (SSSR count). The summed E-state index contributed by atoms with van der Waals surface area (Å²) in [5.41, 5.74) is 1.12. The van der Waals surface area contributed by atoms with E-state index in [9.17, 15) is 0 Å². The largest absolute Gasteiger partial charge is 0.496 e. The van der Waals surface area contributed by atoms with Crippen LogP contribution in [0.3, 0.4) is 0 Å². The molecule has 0 radical (unpaired) electrons. The first-order chi connectivity index (χ1) is 5.77. The van der Waals surface area contributed by atoms with Crippen LogP contribution in [0.2, 0.25) is 0 Å². The van der Waals surface area contributed by atoms with Gasteiger partial charge >= 0.3 is 0 Å². The van der Waals surface area contributed by atoms with E-state index < -0.39 is 0 Å². The minimum atomic E-state index is 0.655. The van der Waals surface area contributed by atoms with Crippen LogP contribution in [0, 0.1) is 12.3 Å². The summed E-state index contributed by atoms with van der Waals surface area (Å²) < 4.78 is 6.02. The number of halogens is 1. The Labute approximate surface area is 80.9 Å². The SMILES string of the molecule is C#CCc1ccc(OC)c(Br)c1. The van der Waals surface area contributed by atoms with Crippen molar-refractivity contribution < 1.29 is 4.74 Å². The van der Waals surface area contributed by atoms with Gasteiger partial charge in [0.1, 0.15) is 5.75 Å². The smallest absolute Gasteiger partial charge is 0.133 e. The average molecular weight is 225 g/mol. The zero-order valence-corrected chi connectivity index (χ0v) is 8.39. The van der Waals surface area contributed by atoms with Gasteiger partial charge in [-0.05, 0) is 33.6 Å². The number of benzene rings is 1. The van der Waals surface area contributed by atoms with Crippen molar-refractivity contribution in [2.75, 3.05) is 7.11 Å². The lowest BCUT2D eigenvalue weighted by Crippen LogP contribution is -1.86. The van der Waals surface area contributed by atoms with Gasteiger partial charge in [-0.2, -0.15) is 0 Å². The fraction of sp³-hybridized carbons (Fsp3) is 0.200. The average Bonchev–Trinajstić information content (AvgIpc) is 2.05. The molecule has 0 saturated carbocycles. The number of rotatable bonds is 2. The maximum atomic E-state index is 5.18. The van der Waals surface area contributed by atoms with Gasteiger partial charge in [0.2, 0.25) is 0 Å². The number of methoxy groups -OCH3 is 1. The van der Waals surface area contributed by atoms with Crippen molar-refractivity contribution in [2.24, 2.45) is 0 Å². The minimum Gasteiger partial charge on any atom is -0.496 e. The molecule has 1 aromatic carbocycles. The summed E-state index contributed by atoms with van der Waals surface area (Å²) in [7, 11) is 1.64. The molecule has 2 heteroatoms. The Hall–Kier alpha value is -0.940. The third-order valence-corrected chi connectivity index (χ3v) is 2.14. The minimum absolute atomic E-state index is 0.655. The van der Waals surface area contributed by atoms with E-state index in [4.69, 9.17) is 11.2 Å². The van der Waals surface area contributed by atoms with Crippen LogP contribution in [0.1, 0.15) is 5.56 Å². The lowest BCUT2D eigenvalue weighted by atomic mass is 10.1. The highest BCUT2D eigenvalue weighted by Crippen LogP contribution is 2.25. The van der Waals surface area contributed by atoms with E-state index >= 15 is 0 Å². The first-order valence-electron chi connectivity index (χ1n) is 3.54. The van der Waals surface area contributed by atoms with E-state index in [2.05, 4.69) is 21.9 Å². The molecule has 0 saturated heterocycles. The van der Waals surface area contributed by atoms with E-state index in [1.807, 2.05) is 18.2 Å². The molecule has 0 bridgehead atoms. The van der Waals surface area contributed by atoms with E-state index in [0.29, 0.717) is 6.42 Å². The fourth-order valence-corrected chi connectivity index (χ4v) is 1.53. The molecule has 0 spiro atoms. The molecule has 0 fully saturated rings. The Morgan fingerprint density at radius 2 is 2.33 bits per heavy atom. The summed E-state index contributed by atoms with van der Waals surface area (Å²) in [6.07, 6.45) is 5.84. The topological polar surface area (TPSA) is 9.23 Å². The van der Waals surface area contributed by atoms with Gasteiger partial charge in [-0.25, -0.2) is 0 Å². The van der Waals surface area contributed by atoms with Crippen LogP contribution in [0.25, 0.3) is 0 Å². The molecule has 1 nitrogen and oxygen atoms in total. The van der Waals surface area contributed by atoms with Crippen molar-refractivity contribution in [2.45, 2.75) is 6.42 Å². The van der Waals surface area contributed by atoms with Crippen molar-refractivity contribution in [1.29, 1.82) is 0 Å². The molecule has 0 aliphatic carbocycles. The maximum Gasteiger partial charge on any atom is 0.133 e. The Kier molecular flexibility index (Phi) is 3.19. The summed E-state index contributed by atoms with van der Waals surface area (Å²) in [6, 6.07) is 5.83. The molecule has 0 aliphatic heterocycles. The number of hydrogen-bond donors (Lipinski definition) is 0. The van der Waals surface area contributed by atoms with E-state index in [-0.39, 0.29) is 0 Å². The molecule has 0 aliphatic rings. The Bertz CT molecular complexity index is 312. The molecule has 0 atom stereocenters. The highest BCUT2D eigenvalue weighted by atomic mass is 79.9. The van der Waals surface area contributed by atoms with Crippen molar-refractivity contribution in [3.05, 3.63) is 28.2 Å². The van der Waals surface area contributed by atoms with Gasteiger partial charge in [0.05, 0.1) is 11.6 Å². The number of hydrogen-bond acceptors (Lipinski definition) is 1. The van der Waals surface area contributed by atoms with Crippen molar-refractivity contribution in [3.63, 3.8) is 0 Å². The number of terminal acetylenes is 1. The summed E-state index contributed by atoms with van der Waals surface area (Å²) in [5, 5.41) is 0. The molecule has 12 heavy (non-hydrogen) atoms. The molecule has 1 aromatic rings. The zero-order valence-electron chi connectivity index (χ0n) is 6.80. The standard InChI is InChI=1S/C10H9BrO/c1-3-4-8-5-6-10(12-2)9(11)7-8/h1,5-7H,4H2,2H3. The van der Waals surface area contributed by atoms with E-state index in [0.717, 1.165) is 15.8 Å². The Balaban J connectivity index is 2.95. The third kappa shape index (κ3) is 2.02. The summed E-state index contributed by atoms with van der Waals surface area (Å²) in [5.74, 6) is 3.42. The molecular weight excluding hydrogens is 216 g/mol. The van der Waals surface area contributed by atoms with Crippen LogP contribution >= 0.6 is 15.9 Å². The predicted molar refractivity (Wildman–Crippen MR) is 53.2 cm³/mol. The van der Waals surface area contributed by atoms with Crippen LogP contribution in [0.15, 0.2) is 22.7 Å². The lowest BCUT2D eigenvalue weighted by molar-refractivity contribution is 0.412. The third-order valence-electron chi connectivity index (χ3n) is 1.52. The van der Waals surface area contributed by atoms with Gasteiger partial charge in [-0.3, -0.25) is 0 Å². The summed E-state index contributed by atoms with van der Waals surface area (Å²) in [6.45, 7) is 0. The van der Waals surface area contributed by atoms with Crippen molar-refractivity contribution in [1.82, 2.24) is 0 Å². The number of ether oxygens (including phenoxy) is 1. The Morgan fingerprint density at radius 3 is 2.83 bits per heavy atom. The van der Waals surface area contributed by atoms with Crippen molar-refractivity contribution >= 4 is 15.9 Å². The highest BCUT2D eigenvalue weighted by molar-refractivity contribution is 9.10. The highest BCUT2D eigenvalue weighted by Gasteiger charge is 1.99. The van der Waals surface area contributed by atoms with Crippen LogP contribution in [0.5, 0.6) is 5.75 Å². The van der Waals surface area contributed by atoms with Gasteiger partial charge in [-0.1, -0.05) is 6.07 Å². The van der Waals surface area contributed by atoms with Gasteiger partial charge in [0, 0.05) is 6.42 Å². The second-order valence-electron chi connectivity index (χ2n) is 2.35. The van der Waals surface area contributed by atoms with Crippen LogP contribution in [0.4, 0.5) is 0 Å². The monoisotopic (exact) mass is 224 g/mol. The predicted octanol–water partition coefficient (Wildman–Crippen LogP) is 2.63. The maximum absolute atomic E-state index is 5.18. The van der Waals surface area contributed by atoms with E-state index in [1.165, 1.54) is 0 Å². The second kappa shape index (κ2) is 4.18. The van der Waals surface area contributed by atoms with E-state index in [1.54, 1.807) is 7.11 Å². The first-order valence-corrected chi connectivity index (χ1v) is 4.33. The lowest BCUT2D eigenvalue weighted by Gasteiger charge is -2.03. The summed E-state index contributed by atoms with van der Waals surface area (Å²) in [4.78, 5) is 0. The molecular formula is C10H9BrO. The van der Waals surface area contributed by atoms with Crippen LogP contribution in [-0.4, -0.2) is 7.11 Å². The molecule has 0 amide bonds. The summed E-state index contributed by atoms with van der Waals surface area (Å²) >= 11 is 3.38. The van der Waals surface area contributed by atoms with Crippen molar-refractivity contribution in [3.8, 4) is 18.1 Å². The van der Waals surface area contributed by atoms with Gasteiger partial charge in [0.25, 0.3) is 0 Å². The normalized spacial score (nSPS) is 9.08. The second-order valence-corrected chi connectivity index (χ2v) is 3.20. The molecule has 0 heterocycles. The van der Waals surface area contributed by atoms with Crippen LogP contribution < -0.4 is 4.74 Å². The zero-order chi connectivity index (χ0) is 8.97. The molecule has 0 N–H and O–H groups in total. The fourth-order valence-electron chi connectivity index (χ4n) is 0.938. The van der Waals surface area contributed by atoms with Gasteiger partial charge in [0.15, 0.2) is 0 Å². The molecule has 0 unspecified atom stereocenters. The first kappa shape index (κ1) is 9.15. The molecule has 0 aromatic heterocycles. The van der Waals surface area contributed by atoms with Gasteiger partial charge < -0.3 is 4.74 Å². The Morgan fingerprint density at radius 1 is 1.58 bits per heavy atom.